The number of amides is 1. The second kappa shape index (κ2) is 8.25. The van der Waals surface area contributed by atoms with E-state index in [2.05, 4.69) is 20.5 Å². The highest BCUT2D eigenvalue weighted by Crippen LogP contribution is 2.32. The van der Waals surface area contributed by atoms with Crippen LogP contribution in [-0.2, 0) is 0 Å². The Morgan fingerprint density at radius 3 is 2.61 bits per heavy atom. The van der Waals surface area contributed by atoms with Gasteiger partial charge in [-0.2, -0.15) is 5.10 Å². The van der Waals surface area contributed by atoms with Crippen molar-refractivity contribution in [1.29, 1.82) is 0 Å². The van der Waals surface area contributed by atoms with Crippen LogP contribution in [0.25, 0.3) is 22.3 Å². The average molecular weight is 449 g/mol. The molecule has 9 heteroatoms. The van der Waals surface area contributed by atoms with E-state index in [1.165, 1.54) is 35.2 Å². The molecule has 5 rings (SSSR count). The molecule has 3 heterocycles. The van der Waals surface area contributed by atoms with Crippen molar-refractivity contribution in [2.24, 2.45) is 0 Å². The molecule has 0 spiro atoms. The smallest absolute Gasteiger partial charge is 0.255 e. The number of nitrogens with one attached hydrogen (secondary N) is 2. The molecule has 0 bridgehead atoms. The van der Waals surface area contributed by atoms with Crippen molar-refractivity contribution in [2.45, 2.75) is 13.0 Å². The highest BCUT2D eigenvalue weighted by Gasteiger charge is 2.34. The minimum atomic E-state index is -0.806. The molecule has 33 heavy (non-hydrogen) atoms. The third kappa shape index (κ3) is 3.70. The molecule has 1 unspecified atom stereocenters. The van der Waals surface area contributed by atoms with Crippen molar-refractivity contribution in [3.63, 3.8) is 0 Å². The van der Waals surface area contributed by atoms with Crippen LogP contribution in [0.4, 0.5) is 8.78 Å². The van der Waals surface area contributed by atoms with Gasteiger partial charge in [-0.15, -0.1) is 0 Å². The molecule has 2 aromatic carbocycles. The van der Waals surface area contributed by atoms with Gasteiger partial charge in [0.25, 0.3) is 5.91 Å². The number of aromatic nitrogens is 3. The molecule has 1 amide bonds. The fraction of sp³-hybridized carbons (Fsp3) is 0.208. The number of rotatable bonds is 3. The first-order valence-electron chi connectivity index (χ1n) is 10.5. The molecular formula is C24H21F2N5O2. The number of aromatic amines is 1. The monoisotopic (exact) mass is 449 g/mol. The van der Waals surface area contributed by atoms with Crippen LogP contribution in [-0.4, -0.2) is 50.7 Å². The SMILES string of the molecule is Cc1[nH]nc2nc(-c3ccc(O)cc3)cc(C(=O)N3CCNCC3c3c(F)cccc3F)c12. The third-order valence-corrected chi connectivity index (χ3v) is 5.94. The zero-order valence-electron chi connectivity index (χ0n) is 17.8. The van der Waals surface area contributed by atoms with Gasteiger partial charge >= 0.3 is 0 Å². The second-order valence-corrected chi connectivity index (χ2v) is 8.00. The molecule has 1 fully saturated rings. The van der Waals surface area contributed by atoms with Gasteiger partial charge in [0.15, 0.2) is 5.65 Å². The number of benzene rings is 2. The van der Waals surface area contributed by atoms with Crippen LogP contribution in [0, 0.1) is 18.6 Å². The number of fused-ring (bicyclic) bond motifs is 1. The van der Waals surface area contributed by atoms with Gasteiger partial charge in [0.05, 0.1) is 22.7 Å². The van der Waals surface area contributed by atoms with Crippen molar-refractivity contribution in [2.75, 3.05) is 19.6 Å². The van der Waals surface area contributed by atoms with Crippen molar-refractivity contribution in [1.82, 2.24) is 25.4 Å². The summed E-state index contributed by atoms with van der Waals surface area (Å²) in [7, 11) is 0. The zero-order valence-corrected chi connectivity index (χ0v) is 17.8. The normalized spacial score (nSPS) is 16.3. The van der Waals surface area contributed by atoms with Gasteiger partial charge in [-0.1, -0.05) is 6.07 Å². The summed E-state index contributed by atoms with van der Waals surface area (Å²) in [5, 5.41) is 20.4. The number of phenols is 1. The topological polar surface area (TPSA) is 94.1 Å². The summed E-state index contributed by atoms with van der Waals surface area (Å²) in [6, 6.07) is 11.0. The minimum Gasteiger partial charge on any atom is -0.508 e. The van der Waals surface area contributed by atoms with Gasteiger partial charge in [-0.3, -0.25) is 9.89 Å². The van der Waals surface area contributed by atoms with Crippen molar-refractivity contribution in [3.05, 3.63) is 77.0 Å². The van der Waals surface area contributed by atoms with Crippen LogP contribution in [0.1, 0.15) is 27.7 Å². The van der Waals surface area contributed by atoms with E-state index in [1.807, 2.05) is 0 Å². The van der Waals surface area contributed by atoms with E-state index in [9.17, 15) is 18.7 Å². The van der Waals surface area contributed by atoms with Gasteiger partial charge in [-0.25, -0.2) is 13.8 Å². The molecule has 7 nitrogen and oxygen atoms in total. The molecule has 1 saturated heterocycles. The van der Waals surface area contributed by atoms with E-state index in [1.54, 1.807) is 25.1 Å². The maximum absolute atomic E-state index is 14.6. The Labute approximate surface area is 188 Å². The molecular weight excluding hydrogens is 428 g/mol. The lowest BCUT2D eigenvalue weighted by Gasteiger charge is -2.37. The van der Waals surface area contributed by atoms with Crippen molar-refractivity contribution in [3.8, 4) is 17.0 Å². The minimum absolute atomic E-state index is 0.113. The number of aromatic hydroxyl groups is 1. The van der Waals surface area contributed by atoms with Gasteiger partial charge in [0, 0.05) is 36.5 Å². The van der Waals surface area contributed by atoms with Gasteiger partial charge in [0.2, 0.25) is 0 Å². The Balaban J connectivity index is 1.63. The molecule has 2 aromatic heterocycles. The maximum atomic E-state index is 14.6. The van der Waals surface area contributed by atoms with E-state index >= 15 is 0 Å². The first-order valence-corrected chi connectivity index (χ1v) is 10.5. The molecule has 1 aliphatic rings. The summed E-state index contributed by atoms with van der Waals surface area (Å²) in [6.07, 6.45) is 0. The Morgan fingerprint density at radius 2 is 1.88 bits per heavy atom. The Morgan fingerprint density at radius 1 is 1.15 bits per heavy atom. The second-order valence-electron chi connectivity index (χ2n) is 8.00. The first kappa shape index (κ1) is 21.0. The lowest BCUT2D eigenvalue weighted by Crippen LogP contribution is -2.49. The number of carbonyl (C=O) groups is 1. The Bertz CT molecular complexity index is 1330. The van der Waals surface area contributed by atoms with Crippen LogP contribution >= 0.6 is 0 Å². The van der Waals surface area contributed by atoms with E-state index in [0.29, 0.717) is 40.1 Å². The van der Waals surface area contributed by atoms with E-state index in [-0.39, 0.29) is 30.3 Å². The maximum Gasteiger partial charge on any atom is 0.255 e. The average Bonchev–Trinajstić information content (AvgIpc) is 3.19. The van der Waals surface area contributed by atoms with Gasteiger partial charge < -0.3 is 15.3 Å². The largest absolute Gasteiger partial charge is 0.508 e. The Kier molecular flexibility index (Phi) is 5.26. The molecule has 0 saturated carbocycles. The van der Waals surface area contributed by atoms with E-state index in [0.717, 1.165) is 0 Å². The van der Waals surface area contributed by atoms with Crippen LogP contribution in [0.15, 0.2) is 48.5 Å². The lowest BCUT2D eigenvalue weighted by atomic mass is 9.99. The molecule has 1 aliphatic heterocycles. The number of carbonyl (C=O) groups excluding carboxylic acids is 1. The van der Waals surface area contributed by atoms with Gasteiger partial charge in [0.1, 0.15) is 17.4 Å². The predicted octanol–water partition coefficient (Wildman–Crippen LogP) is 3.70. The molecule has 1 atom stereocenters. The first-order chi connectivity index (χ1) is 15.9. The van der Waals surface area contributed by atoms with Crippen molar-refractivity contribution < 1.29 is 18.7 Å². The molecule has 0 aliphatic carbocycles. The number of pyridine rings is 1. The summed E-state index contributed by atoms with van der Waals surface area (Å²) < 4.78 is 29.2. The van der Waals surface area contributed by atoms with Crippen molar-refractivity contribution >= 4 is 16.9 Å². The predicted molar refractivity (Wildman–Crippen MR) is 119 cm³/mol. The fourth-order valence-corrected chi connectivity index (χ4v) is 4.31. The van der Waals surface area contributed by atoms with E-state index in [4.69, 9.17) is 0 Å². The fourth-order valence-electron chi connectivity index (χ4n) is 4.31. The third-order valence-electron chi connectivity index (χ3n) is 5.94. The standard InChI is InChI=1S/C24H21F2N5O2/c1-13-21-16(11-19(28-23(21)30-29-13)14-5-7-15(32)8-6-14)24(33)31-10-9-27-12-20(31)22-17(25)3-2-4-18(22)26/h2-8,11,20,27,32H,9-10,12H2,1H3,(H,28,29,30). The molecule has 168 valence electrons. The number of nitrogens with zero attached hydrogens (tertiary/aromatic N) is 3. The molecule has 3 N–H and O–H groups in total. The summed E-state index contributed by atoms with van der Waals surface area (Å²) in [5.41, 5.74) is 2.44. The number of hydrogen-bond acceptors (Lipinski definition) is 5. The zero-order chi connectivity index (χ0) is 23.1. The van der Waals surface area contributed by atoms with E-state index < -0.39 is 17.7 Å². The highest BCUT2D eigenvalue weighted by molar-refractivity contribution is 6.07. The quantitative estimate of drug-likeness (QED) is 0.443. The number of phenolic OH excluding ortho intramolecular Hbond substituents is 1. The summed E-state index contributed by atoms with van der Waals surface area (Å²) in [6.45, 7) is 2.81. The molecule has 0 radical (unpaired) electrons. The number of H-pyrrole nitrogens is 1. The number of hydrogen-bond donors (Lipinski definition) is 3. The summed E-state index contributed by atoms with van der Waals surface area (Å²) in [4.78, 5) is 19.9. The van der Waals surface area contributed by atoms with Crippen LogP contribution in [0.3, 0.4) is 0 Å². The Hall–Kier alpha value is -3.85. The van der Waals surface area contributed by atoms with Gasteiger partial charge in [-0.05, 0) is 49.4 Å². The number of halogens is 2. The number of aryl methyl sites for hydroxylation is 1. The van der Waals surface area contributed by atoms with Crippen LogP contribution < -0.4 is 5.32 Å². The molecule has 4 aromatic rings. The summed E-state index contributed by atoms with van der Waals surface area (Å²) in [5.74, 6) is -1.63. The van der Waals surface area contributed by atoms with Crippen LogP contribution in [0.5, 0.6) is 5.75 Å². The van der Waals surface area contributed by atoms with Crippen LogP contribution in [0.2, 0.25) is 0 Å². The highest BCUT2D eigenvalue weighted by atomic mass is 19.1. The summed E-state index contributed by atoms with van der Waals surface area (Å²) >= 11 is 0. The lowest BCUT2D eigenvalue weighted by molar-refractivity contribution is 0.0628. The number of piperazine rings is 1.